The zero-order chi connectivity index (χ0) is 18.4. The zero-order valence-corrected chi connectivity index (χ0v) is 15.0. The van der Waals surface area contributed by atoms with Gasteiger partial charge in [0, 0.05) is 37.5 Å². The lowest BCUT2D eigenvalue weighted by molar-refractivity contribution is 0.0394. The van der Waals surface area contributed by atoms with Gasteiger partial charge in [-0.3, -0.25) is 4.79 Å². The number of likely N-dealkylation sites (tertiary alicyclic amines) is 1. The second kappa shape index (κ2) is 6.04. The third-order valence-electron chi connectivity index (χ3n) is 5.11. The molecule has 2 aliphatic rings. The van der Waals surface area contributed by atoms with E-state index in [1.807, 2.05) is 0 Å². The molecule has 0 radical (unpaired) electrons. The van der Waals surface area contributed by atoms with Crippen molar-refractivity contribution in [1.29, 1.82) is 0 Å². The molecule has 138 valence electrons. The fourth-order valence-electron chi connectivity index (χ4n) is 3.62. The lowest BCUT2D eigenvalue weighted by atomic mass is 9.83. The number of ether oxygens (including phenoxy) is 1. The highest BCUT2D eigenvalue weighted by Crippen LogP contribution is 2.45. The summed E-state index contributed by atoms with van der Waals surface area (Å²) in [4.78, 5) is 21.9. The first-order valence-corrected chi connectivity index (χ1v) is 9.91. The van der Waals surface area contributed by atoms with Crippen molar-refractivity contribution < 1.29 is 22.5 Å². The SMILES string of the molecule is Cc1cc(C(=O)N2CC3(C2)[C@H](COc2ncccn2)CCS3(=O)=O)no1. The third kappa shape index (κ3) is 2.64. The van der Waals surface area contributed by atoms with Gasteiger partial charge >= 0.3 is 6.01 Å². The quantitative estimate of drug-likeness (QED) is 0.754. The van der Waals surface area contributed by atoms with E-state index in [1.54, 1.807) is 31.5 Å². The van der Waals surface area contributed by atoms with E-state index in [0.717, 1.165) is 0 Å². The van der Waals surface area contributed by atoms with Gasteiger partial charge in [0.15, 0.2) is 15.5 Å². The zero-order valence-electron chi connectivity index (χ0n) is 14.2. The molecule has 0 unspecified atom stereocenters. The lowest BCUT2D eigenvalue weighted by Crippen LogP contribution is -2.69. The van der Waals surface area contributed by atoms with Gasteiger partial charge in [0.25, 0.3) is 5.91 Å². The van der Waals surface area contributed by atoms with Crippen molar-refractivity contribution in [3.8, 4) is 6.01 Å². The summed E-state index contributed by atoms with van der Waals surface area (Å²) in [6.07, 6.45) is 3.63. The van der Waals surface area contributed by atoms with E-state index in [4.69, 9.17) is 9.26 Å². The van der Waals surface area contributed by atoms with E-state index < -0.39 is 14.6 Å². The van der Waals surface area contributed by atoms with E-state index in [-0.39, 0.29) is 49.0 Å². The Morgan fingerprint density at radius 2 is 2.12 bits per heavy atom. The highest BCUT2D eigenvalue weighted by atomic mass is 32.2. The van der Waals surface area contributed by atoms with Crippen LogP contribution in [-0.4, -0.2) is 64.5 Å². The lowest BCUT2D eigenvalue weighted by Gasteiger charge is -2.49. The minimum absolute atomic E-state index is 0.0990. The van der Waals surface area contributed by atoms with Crippen LogP contribution in [0.4, 0.5) is 0 Å². The topological polar surface area (TPSA) is 115 Å². The van der Waals surface area contributed by atoms with Crippen molar-refractivity contribution in [2.75, 3.05) is 25.4 Å². The predicted octanol–water partition coefficient (Wildman–Crippen LogP) is 0.481. The Labute approximate surface area is 150 Å². The number of aromatic nitrogens is 3. The van der Waals surface area contributed by atoms with E-state index in [2.05, 4.69) is 15.1 Å². The molecule has 2 aromatic heterocycles. The number of hydrogen-bond acceptors (Lipinski definition) is 8. The number of rotatable bonds is 4. The van der Waals surface area contributed by atoms with E-state index in [9.17, 15) is 13.2 Å². The number of amides is 1. The summed E-state index contributed by atoms with van der Waals surface area (Å²) in [5.74, 6) is 0.105. The highest BCUT2D eigenvalue weighted by Gasteiger charge is 2.63. The van der Waals surface area contributed by atoms with Crippen molar-refractivity contribution in [3.05, 3.63) is 36.0 Å². The number of aryl methyl sites for hydroxylation is 1. The molecule has 0 saturated carbocycles. The molecule has 10 heteroatoms. The summed E-state index contributed by atoms with van der Waals surface area (Å²) in [5.41, 5.74) is 0.193. The van der Waals surface area contributed by atoms with Gasteiger partial charge in [-0.2, -0.15) is 0 Å². The maximum atomic E-state index is 12.6. The molecule has 0 aliphatic carbocycles. The van der Waals surface area contributed by atoms with Gasteiger partial charge in [0.05, 0.1) is 12.4 Å². The molecular formula is C16H18N4O5S. The van der Waals surface area contributed by atoms with Gasteiger partial charge in [0.1, 0.15) is 10.5 Å². The number of sulfone groups is 1. The Bertz CT molecular complexity index is 921. The summed E-state index contributed by atoms with van der Waals surface area (Å²) in [5, 5.41) is 3.71. The number of nitrogens with zero attached hydrogens (tertiary/aromatic N) is 4. The average Bonchev–Trinajstić information content (AvgIpc) is 3.13. The second-order valence-electron chi connectivity index (χ2n) is 6.70. The molecule has 2 saturated heterocycles. The average molecular weight is 378 g/mol. The van der Waals surface area contributed by atoms with Crippen molar-refractivity contribution in [2.45, 2.75) is 18.1 Å². The molecule has 26 heavy (non-hydrogen) atoms. The van der Waals surface area contributed by atoms with E-state index >= 15 is 0 Å². The van der Waals surface area contributed by atoms with Gasteiger partial charge < -0.3 is 14.2 Å². The normalized spacial score (nSPS) is 23.0. The molecule has 1 spiro atoms. The molecule has 1 atom stereocenters. The predicted molar refractivity (Wildman–Crippen MR) is 89.3 cm³/mol. The summed E-state index contributed by atoms with van der Waals surface area (Å²) in [6, 6.07) is 3.44. The Balaban J connectivity index is 1.47. The molecule has 2 aliphatic heterocycles. The van der Waals surface area contributed by atoms with Crippen molar-refractivity contribution in [1.82, 2.24) is 20.0 Å². The number of hydrogen-bond donors (Lipinski definition) is 0. The summed E-state index contributed by atoms with van der Waals surface area (Å²) >= 11 is 0. The molecule has 0 aromatic carbocycles. The van der Waals surface area contributed by atoms with Gasteiger partial charge in [-0.05, 0) is 19.4 Å². The maximum Gasteiger partial charge on any atom is 0.316 e. The molecule has 1 amide bonds. The molecular weight excluding hydrogens is 360 g/mol. The largest absolute Gasteiger partial charge is 0.463 e. The van der Waals surface area contributed by atoms with Crippen LogP contribution in [0.3, 0.4) is 0 Å². The molecule has 2 fully saturated rings. The van der Waals surface area contributed by atoms with Crippen LogP contribution in [0.1, 0.15) is 22.7 Å². The van der Waals surface area contributed by atoms with Gasteiger partial charge in [-0.15, -0.1) is 0 Å². The van der Waals surface area contributed by atoms with Gasteiger partial charge in [0.2, 0.25) is 0 Å². The van der Waals surface area contributed by atoms with Crippen LogP contribution in [0.25, 0.3) is 0 Å². The highest BCUT2D eigenvalue weighted by molar-refractivity contribution is 7.93. The summed E-state index contributed by atoms with van der Waals surface area (Å²) in [6.45, 7) is 2.18. The first kappa shape index (κ1) is 17.0. The van der Waals surface area contributed by atoms with Crippen molar-refractivity contribution in [3.63, 3.8) is 0 Å². The Kier molecular flexibility index (Phi) is 3.94. The minimum atomic E-state index is -3.31. The monoisotopic (exact) mass is 378 g/mol. The van der Waals surface area contributed by atoms with Crippen molar-refractivity contribution >= 4 is 15.7 Å². The molecule has 9 nitrogen and oxygen atoms in total. The fourth-order valence-corrected chi connectivity index (χ4v) is 6.02. The molecule has 4 heterocycles. The van der Waals surface area contributed by atoms with Crippen LogP contribution < -0.4 is 4.74 Å². The first-order valence-electron chi connectivity index (χ1n) is 8.26. The van der Waals surface area contributed by atoms with E-state index in [1.165, 1.54) is 4.90 Å². The van der Waals surface area contributed by atoms with Gasteiger partial charge in [-0.25, -0.2) is 18.4 Å². The summed E-state index contributed by atoms with van der Waals surface area (Å²) in [7, 11) is -3.31. The third-order valence-corrected chi connectivity index (χ3v) is 7.71. The number of carbonyl (C=O) groups is 1. The Morgan fingerprint density at radius 3 is 2.77 bits per heavy atom. The molecule has 2 aromatic rings. The van der Waals surface area contributed by atoms with E-state index in [0.29, 0.717) is 12.2 Å². The van der Waals surface area contributed by atoms with Crippen molar-refractivity contribution in [2.24, 2.45) is 5.92 Å². The van der Waals surface area contributed by atoms with Crippen LogP contribution >= 0.6 is 0 Å². The molecule has 0 N–H and O–H groups in total. The Hall–Kier alpha value is -2.49. The van der Waals surface area contributed by atoms with Crippen LogP contribution in [0.2, 0.25) is 0 Å². The minimum Gasteiger partial charge on any atom is -0.463 e. The number of carbonyl (C=O) groups excluding carboxylic acids is 1. The smallest absolute Gasteiger partial charge is 0.316 e. The van der Waals surface area contributed by atoms with Crippen LogP contribution in [0, 0.1) is 12.8 Å². The fraction of sp³-hybridized carbons (Fsp3) is 0.500. The Morgan fingerprint density at radius 1 is 1.38 bits per heavy atom. The maximum absolute atomic E-state index is 12.6. The molecule has 4 rings (SSSR count). The standard InChI is InChI=1S/C16H18N4O5S/c1-11-7-13(19-25-11)14(21)20-9-16(10-20)12(3-6-26(16,22)23)8-24-15-17-4-2-5-18-15/h2,4-5,7,12H,3,6,8-10H2,1H3/t12-/m0/s1. The van der Waals surface area contributed by atoms with Crippen LogP contribution in [-0.2, 0) is 9.84 Å². The van der Waals surface area contributed by atoms with Crippen LogP contribution in [0.15, 0.2) is 29.0 Å². The van der Waals surface area contributed by atoms with Gasteiger partial charge in [-0.1, -0.05) is 5.16 Å². The summed E-state index contributed by atoms with van der Waals surface area (Å²) < 4.78 is 34.8. The molecule has 0 bridgehead atoms. The second-order valence-corrected chi connectivity index (χ2v) is 9.15. The van der Waals surface area contributed by atoms with Crippen LogP contribution in [0.5, 0.6) is 6.01 Å². The first-order chi connectivity index (χ1) is 12.4.